The first-order chi connectivity index (χ1) is 28.4. The van der Waals surface area contributed by atoms with E-state index in [9.17, 15) is 44.6 Å². The van der Waals surface area contributed by atoms with E-state index in [-0.39, 0.29) is 12.8 Å². The molecule has 1 fully saturated rings. The number of hydrogen-bond acceptors (Lipinski definition) is 12. The summed E-state index contributed by atoms with van der Waals surface area (Å²) in [6, 6.07) is 0. The lowest BCUT2D eigenvalue weighted by atomic mass is 9.85. The minimum atomic E-state index is -5.12. The van der Waals surface area contributed by atoms with Gasteiger partial charge in [0.2, 0.25) is 0 Å². The summed E-state index contributed by atoms with van der Waals surface area (Å²) < 4.78 is 33.4. The van der Waals surface area contributed by atoms with Gasteiger partial charge in [0, 0.05) is 12.8 Å². The smallest absolute Gasteiger partial charge is 0.462 e. The molecule has 0 aromatic carbocycles. The molecular weight excluding hydrogens is 779 g/mol. The van der Waals surface area contributed by atoms with Gasteiger partial charge in [-0.15, -0.1) is 0 Å². The molecule has 0 radical (unpaired) electrons. The Labute approximate surface area is 355 Å². The van der Waals surface area contributed by atoms with E-state index in [0.717, 1.165) is 44.9 Å². The van der Waals surface area contributed by atoms with Crippen molar-refractivity contribution in [2.45, 2.75) is 224 Å². The van der Waals surface area contributed by atoms with Gasteiger partial charge in [0.1, 0.15) is 43.2 Å². The molecule has 6 N–H and O–H groups in total. The Morgan fingerprint density at radius 2 is 0.932 bits per heavy atom. The lowest BCUT2D eigenvalue weighted by Gasteiger charge is -2.41. The molecule has 13 nitrogen and oxygen atoms in total. The summed E-state index contributed by atoms with van der Waals surface area (Å²) in [6.45, 7) is 3.24. The molecule has 1 rings (SSSR count). The average Bonchev–Trinajstić information content (AvgIpc) is 3.21. The third kappa shape index (κ3) is 28.3. The number of aliphatic hydroxyl groups excluding tert-OH is 5. The predicted octanol–water partition coefficient (Wildman–Crippen LogP) is 8.61. The number of hydrogen-bond donors (Lipinski definition) is 6. The van der Waals surface area contributed by atoms with Gasteiger partial charge >= 0.3 is 19.8 Å². The summed E-state index contributed by atoms with van der Waals surface area (Å²) in [6.07, 6.45) is 26.4. The van der Waals surface area contributed by atoms with Crippen LogP contribution in [0, 0.1) is 0 Å². The van der Waals surface area contributed by atoms with E-state index < -0.39 is 75.7 Å². The largest absolute Gasteiger partial charge is 0.472 e. The number of esters is 2. The molecule has 1 saturated carbocycles. The SMILES string of the molecule is CCCCCCCC/C=C\C/C=C\C/C=C\CCCC(=O)OC[C@H](COP(=O)(O)OC1C(O)C(O)C(O)[C@@H](O)C1O)OC(=O)CCCCCCCCCCCCCCC. The molecule has 59 heavy (non-hydrogen) atoms. The van der Waals surface area contributed by atoms with E-state index >= 15 is 0 Å². The Hall–Kier alpha value is -1.93. The van der Waals surface area contributed by atoms with Crippen molar-refractivity contribution in [3.63, 3.8) is 0 Å². The van der Waals surface area contributed by atoms with Crippen LogP contribution in [0.25, 0.3) is 0 Å². The summed E-state index contributed by atoms with van der Waals surface area (Å²) in [4.78, 5) is 35.6. The van der Waals surface area contributed by atoms with Gasteiger partial charge in [0.05, 0.1) is 6.61 Å². The minimum Gasteiger partial charge on any atom is -0.462 e. The summed E-state index contributed by atoms with van der Waals surface area (Å²) in [7, 11) is -5.12. The average molecular weight is 861 g/mol. The second-order valence-corrected chi connectivity index (χ2v) is 17.3. The number of carbonyl (C=O) groups excluding carboxylic acids is 2. The first-order valence-electron chi connectivity index (χ1n) is 22.8. The number of phosphoric acid groups is 1. The molecule has 0 aromatic rings. The van der Waals surface area contributed by atoms with Crippen molar-refractivity contribution < 1.29 is 63.1 Å². The fourth-order valence-electron chi connectivity index (χ4n) is 6.77. The summed E-state index contributed by atoms with van der Waals surface area (Å²) in [5.74, 6) is -1.16. The van der Waals surface area contributed by atoms with Crippen LogP contribution in [0.3, 0.4) is 0 Å². The highest BCUT2D eigenvalue weighted by Crippen LogP contribution is 2.47. The number of carbonyl (C=O) groups is 2. The summed E-state index contributed by atoms with van der Waals surface area (Å²) in [5, 5.41) is 50.1. The van der Waals surface area contributed by atoms with Gasteiger partial charge in [0.25, 0.3) is 0 Å². The molecule has 0 spiro atoms. The number of ether oxygens (including phenoxy) is 2. The Balaban J connectivity index is 2.50. The van der Waals surface area contributed by atoms with Crippen molar-refractivity contribution in [2.75, 3.05) is 13.2 Å². The van der Waals surface area contributed by atoms with Gasteiger partial charge in [-0.3, -0.25) is 18.6 Å². The van der Waals surface area contributed by atoms with Crippen LogP contribution < -0.4 is 0 Å². The Kier molecular flexibility index (Phi) is 33.3. The van der Waals surface area contributed by atoms with E-state index in [1.54, 1.807) is 0 Å². The maximum absolute atomic E-state index is 12.8. The Bertz CT molecular complexity index is 1180. The third-order valence-corrected chi connectivity index (χ3v) is 11.5. The molecule has 14 heteroatoms. The van der Waals surface area contributed by atoms with Crippen molar-refractivity contribution in [1.29, 1.82) is 0 Å². The highest BCUT2D eigenvalue weighted by Gasteiger charge is 2.51. The molecular formula is C45H81O13P. The fourth-order valence-corrected chi connectivity index (χ4v) is 7.75. The second kappa shape index (κ2) is 35.6. The zero-order valence-corrected chi connectivity index (χ0v) is 37.2. The van der Waals surface area contributed by atoms with Gasteiger partial charge < -0.3 is 39.9 Å². The lowest BCUT2D eigenvalue weighted by molar-refractivity contribution is -0.220. The quantitative estimate of drug-likeness (QED) is 0.0150. The van der Waals surface area contributed by atoms with Gasteiger partial charge in [-0.2, -0.15) is 0 Å². The molecule has 0 saturated heterocycles. The number of unbranched alkanes of at least 4 members (excludes halogenated alkanes) is 19. The fraction of sp³-hybridized carbons (Fsp3) is 0.822. The summed E-state index contributed by atoms with van der Waals surface area (Å²) in [5.41, 5.74) is 0. The van der Waals surface area contributed by atoms with E-state index in [1.165, 1.54) is 89.9 Å². The molecule has 0 aromatic heterocycles. The monoisotopic (exact) mass is 861 g/mol. The molecule has 6 unspecified atom stereocenters. The molecule has 0 amide bonds. The van der Waals surface area contributed by atoms with Crippen LogP contribution in [-0.2, 0) is 32.7 Å². The summed E-state index contributed by atoms with van der Waals surface area (Å²) >= 11 is 0. The van der Waals surface area contributed by atoms with Crippen molar-refractivity contribution in [1.82, 2.24) is 0 Å². The van der Waals surface area contributed by atoms with Crippen LogP contribution in [0.4, 0.5) is 0 Å². The van der Waals surface area contributed by atoms with Crippen LogP contribution in [0.5, 0.6) is 0 Å². The number of allylic oxidation sites excluding steroid dienone is 6. The van der Waals surface area contributed by atoms with Gasteiger partial charge in [-0.05, 0) is 44.9 Å². The van der Waals surface area contributed by atoms with Crippen LogP contribution in [0.15, 0.2) is 36.5 Å². The maximum Gasteiger partial charge on any atom is 0.472 e. The van der Waals surface area contributed by atoms with E-state index in [2.05, 4.69) is 38.2 Å². The number of rotatable bonds is 37. The zero-order chi connectivity index (χ0) is 43.6. The zero-order valence-electron chi connectivity index (χ0n) is 36.3. The molecule has 344 valence electrons. The number of phosphoric ester groups is 1. The van der Waals surface area contributed by atoms with E-state index in [1.807, 2.05) is 12.2 Å². The van der Waals surface area contributed by atoms with Crippen LogP contribution in [-0.4, -0.2) is 98.3 Å². The third-order valence-electron chi connectivity index (χ3n) is 10.5. The topological polar surface area (TPSA) is 210 Å². The number of aliphatic hydroxyl groups is 5. The Morgan fingerprint density at radius 1 is 0.525 bits per heavy atom. The molecule has 8 atom stereocenters. The molecule has 1 aliphatic rings. The highest BCUT2D eigenvalue weighted by atomic mass is 31.2. The Morgan fingerprint density at radius 3 is 1.44 bits per heavy atom. The van der Waals surface area contributed by atoms with Crippen molar-refractivity contribution >= 4 is 19.8 Å². The van der Waals surface area contributed by atoms with Crippen LogP contribution in [0.1, 0.15) is 181 Å². The minimum absolute atomic E-state index is 0.0888. The van der Waals surface area contributed by atoms with Gasteiger partial charge in [0.15, 0.2) is 6.10 Å². The molecule has 1 aliphatic carbocycles. The normalized spacial score (nSPS) is 22.6. The standard InChI is InChI=1S/C45H81O13P/c1-3-5-7-9-11-13-15-17-18-19-20-22-23-25-27-29-31-33-38(46)55-35-37(36-56-59(53,54)58-45-43(51)41(49)40(48)42(50)44(45)52)57-39(47)34-32-30-28-26-24-21-16-14-12-10-8-6-4-2/h17-18,20,22,25,27,37,40-45,48-52H,3-16,19,21,23-24,26,28-36H2,1-2H3,(H,53,54)/b18-17-,22-20-,27-25-/t37-,40?,41-,42?,43?,44?,45?/m1/s1. The van der Waals surface area contributed by atoms with E-state index in [0.29, 0.717) is 19.3 Å². The van der Waals surface area contributed by atoms with Crippen molar-refractivity contribution in [3.8, 4) is 0 Å². The lowest BCUT2D eigenvalue weighted by Crippen LogP contribution is -2.64. The van der Waals surface area contributed by atoms with Gasteiger partial charge in [-0.1, -0.05) is 159 Å². The predicted molar refractivity (Wildman–Crippen MR) is 230 cm³/mol. The first-order valence-corrected chi connectivity index (χ1v) is 24.3. The highest BCUT2D eigenvalue weighted by molar-refractivity contribution is 7.47. The molecule has 0 aliphatic heterocycles. The van der Waals surface area contributed by atoms with E-state index in [4.69, 9.17) is 18.5 Å². The van der Waals surface area contributed by atoms with Gasteiger partial charge in [-0.25, -0.2) is 4.57 Å². The maximum atomic E-state index is 12.8. The molecule has 0 bridgehead atoms. The molecule has 0 heterocycles. The first kappa shape index (κ1) is 55.1. The van der Waals surface area contributed by atoms with Crippen LogP contribution in [0.2, 0.25) is 0 Å². The van der Waals surface area contributed by atoms with Crippen LogP contribution >= 0.6 is 7.82 Å². The van der Waals surface area contributed by atoms with Crippen molar-refractivity contribution in [3.05, 3.63) is 36.5 Å². The second-order valence-electron chi connectivity index (χ2n) is 15.9. The van der Waals surface area contributed by atoms with Crippen molar-refractivity contribution in [2.24, 2.45) is 0 Å².